The molecule has 4 aliphatic rings. The second kappa shape index (κ2) is 20.1. The molecule has 0 unspecified atom stereocenters. The number of hydrogen-bond donors (Lipinski definition) is 12. The van der Waals surface area contributed by atoms with Crippen LogP contribution in [-0.2, 0) is 42.7 Å². The predicted octanol–water partition coefficient (Wildman–Crippen LogP) is -6.34. The quantitative estimate of drug-likeness (QED) is 0.0829. The first kappa shape index (κ1) is 46.2. The van der Waals surface area contributed by atoms with Crippen molar-refractivity contribution in [2.75, 3.05) is 26.9 Å². The van der Waals surface area contributed by atoms with E-state index in [2.05, 4.69) is 10.6 Å². The van der Waals surface area contributed by atoms with Crippen LogP contribution in [0.15, 0.2) is 24.3 Å². The lowest BCUT2D eigenvalue weighted by atomic mass is 9.94. The average molecular weight is 839 g/mol. The molecule has 0 bridgehead atoms. The van der Waals surface area contributed by atoms with Gasteiger partial charge in [-0.15, -0.1) is 0 Å². The number of amides is 2. The van der Waals surface area contributed by atoms with Gasteiger partial charge >= 0.3 is 0 Å². The molecule has 330 valence electrons. The average Bonchev–Trinajstić information content (AvgIpc) is 3.19. The lowest BCUT2D eigenvalue weighted by Gasteiger charge is -2.50. The van der Waals surface area contributed by atoms with E-state index < -0.39 is 154 Å². The van der Waals surface area contributed by atoms with E-state index in [1.165, 1.54) is 26.2 Å². The Labute approximate surface area is 331 Å². The number of carbonyl (C=O) groups is 2. The Hall–Kier alpha value is -2.92. The molecule has 23 heteroatoms. The fraction of sp³-hybridized carbons (Fsp3) is 0.771. The molecule has 0 spiro atoms. The van der Waals surface area contributed by atoms with Gasteiger partial charge in [-0.05, 0) is 31.2 Å². The zero-order valence-electron chi connectivity index (χ0n) is 31.9. The molecular weight excluding hydrogens is 784 g/mol. The van der Waals surface area contributed by atoms with Crippen molar-refractivity contribution in [1.82, 2.24) is 10.6 Å². The molecule has 1 aromatic rings. The van der Waals surface area contributed by atoms with Crippen molar-refractivity contribution in [1.29, 1.82) is 0 Å². The van der Waals surface area contributed by atoms with Gasteiger partial charge in [0.1, 0.15) is 103 Å². The smallest absolute Gasteiger partial charge is 0.223 e. The summed E-state index contributed by atoms with van der Waals surface area (Å²) in [7, 11) is 1.46. The number of ether oxygens (including phenoxy) is 9. The summed E-state index contributed by atoms with van der Waals surface area (Å²) in [6, 6.07) is 3.22. The van der Waals surface area contributed by atoms with Crippen LogP contribution in [0.1, 0.15) is 20.8 Å². The molecule has 0 radical (unpaired) electrons. The van der Waals surface area contributed by atoms with E-state index in [0.29, 0.717) is 5.75 Å². The molecule has 4 heterocycles. The zero-order chi connectivity index (χ0) is 42.6. The zero-order valence-corrected chi connectivity index (χ0v) is 31.9. The van der Waals surface area contributed by atoms with Crippen molar-refractivity contribution in [2.24, 2.45) is 0 Å². The lowest BCUT2D eigenvalue weighted by Crippen LogP contribution is -2.71. The van der Waals surface area contributed by atoms with Crippen LogP contribution in [0.2, 0.25) is 0 Å². The molecule has 4 aliphatic heterocycles. The van der Waals surface area contributed by atoms with Crippen LogP contribution in [0.4, 0.5) is 0 Å². The number of benzene rings is 1. The van der Waals surface area contributed by atoms with Gasteiger partial charge in [0.2, 0.25) is 18.1 Å². The Morgan fingerprint density at radius 2 is 1.00 bits per heavy atom. The normalized spacial score (nSPS) is 43.3. The topological polar surface area (TPSA) is 344 Å². The highest BCUT2D eigenvalue weighted by Gasteiger charge is 2.56. The Kier molecular flexibility index (Phi) is 16.0. The summed E-state index contributed by atoms with van der Waals surface area (Å²) >= 11 is 0. The molecule has 0 saturated carbocycles. The fourth-order valence-electron chi connectivity index (χ4n) is 7.14. The number of methoxy groups -OCH3 is 1. The van der Waals surface area contributed by atoms with E-state index in [9.17, 15) is 60.7 Å². The number of hydrogen-bond acceptors (Lipinski definition) is 21. The first-order chi connectivity index (χ1) is 27.5. The van der Waals surface area contributed by atoms with Crippen molar-refractivity contribution in [3.05, 3.63) is 24.3 Å². The molecule has 20 atom stereocenters. The van der Waals surface area contributed by atoms with E-state index in [1.807, 2.05) is 0 Å². The number of aliphatic hydroxyl groups is 10. The molecule has 5 rings (SSSR count). The van der Waals surface area contributed by atoms with E-state index in [0.717, 1.165) is 13.8 Å². The van der Waals surface area contributed by atoms with Gasteiger partial charge in [0.25, 0.3) is 0 Å². The van der Waals surface area contributed by atoms with Gasteiger partial charge in [0.05, 0.1) is 33.0 Å². The van der Waals surface area contributed by atoms with Crippen LogP contribution >= 0.6 is 0 Å². The number of aliphatic hydroxyl groups excluding tert-OH is 10. The van der Waals surface area contributed by atoms with E-state index >= 15 is 0 Å². The molecule has 12 N–H and O–H groups in total. The van der Waals surface area contributed by atoms with Gasteiger partial charge in [-0.3, -0.25) is 9.59 Å². The molecule has 4 saturated heterocycles. The summed E-state index contributed by atoms with van der Waals surface area (Å²) in [6.45, 7) is 1.08. The van der Waals surface area contributed by atoms with Gasteiger partial charge in [0, 0.05) is 13.8 Å². The summed E-state index contributed by atoms with van der Waals surface area (Å²) in [5.41, 5.74) is 0. The minimum Gasteiger partial charge on any atom is -0.497 e. The van der Waals surface area contributed by atoms with Gasteiger partial charge < -0.3 is 104 Å². The van der Waals surface area contributed by atoms with Gasteiger partial charge in [-0.1, -0.05) is 0 Å². The second-order valence-corrected chi connectivity index (χ2v) is 14.4. The molecule has 58 heavy (non-hydrogen) atoms. The van der Waals surface area contributed by atoms with Gasteiger partial charge in [0.15, 0.2) is 18.9 Å². The minimum absolute atomic E-state index is 0.212. The highest BCUT2D eigenvalue weighted by Crippen LogP contribution is 2.35. The maximum Gasteiger partial charge on any atom is 0.223 e. The largest absolute Gasteiger partial charge is 0.497 e. The van der Waals surface area contributed by atoms with Crippen molar-refractivity contribution >= 4 is 11.8 Å². The molecule has 4 fully saturated rings. The van der Waals surface area contributed by atoms with Crippen molar-refractivity contribution < 1.29 is 103 Å². The van der Waals surface area contributed by atoms with E-state index in [4.69, 9.17) is 42.6 Å². The maximum absolute atomic E-state index is 12.6. The Morgan fingerprint density at radius 3 is 1.52 bits per heavy atom. The summed E-state index contributed by atoms with van der Waals surface area (Å²) in [5, 5.41) is 112. The Morgan fingerprint density at radius 1 is 0.552 bits per heavy atom. The second-order valence-electron chi connectivity index (χ2n) is 14.4. The molecule has 0 aromatic heterocycles. The minimum atomic E-state index is -2.01. The third kappa shape index (κ3) is 10.2. The van der Waals surface area contributed by atoms with Crippen LogP contribution in [0.25, 0.3) is 0 Å². The Balaban J connectivity index is 1.48. The van der Waals surface area contributed by atoms with Gasteiger partial charge in [-0.25, -0.2) is 0 Å². The molecule has 0 aliphatic carbocycles. The van der Waals surface area contributed by atoms with Crippen LogP contribution in [0.3, 0.4) is 0 Å². The standard InChI is InChI=1S/C35H54N2O21/c1-12-22(43)26(47)28(49)34(51-12)56-29-21(37-14(3)42)33(54-19(11-40)24(29)45)58-31-27(48)23(44)17(9-38)55-35(31)57-30-20(36-13(2)41)32(53-18(10-39)25(30)46)52-16-7-5-15(50-4)6-8-16/h5-8,12,17-35,38-40,43-49H,9-11H2,1-4H3,(H,36,41)(H,37,42)/t12-,17+,18+,19+,20+,21+,22-,23-,24+,25+,26+,27-,28+,29+,30+,31+,32-,33-,34-,35+/m0/s1. The van der Waals surface area contributed by atoms with E-state index in [-0.39, 0.29) is 5.75 Å². The highest BCUT2D eigenvalue weighted by molar-refractivity contribution is 5.73. The number of carbonyl (C=O) groups excluding carboxylic acids is 2. The Bertz CT molecular complexity index is 1480. The molecule has 2 amide bonds. The maximum atomic E-state index is 12.6. The predicted molar refractivity (Wildman–Crippen MR) is 187 cm³/mol. The monoisotopic (exact) mass is 838 g/mol. The summed E-state index contributed by atoms with van der Waals surface area (Å²) in [4.78, 5) is 25.1. The van der Waals surface area contributed by atoms with Gasteiger partial charge in [-0.2, -0.15) is 0 Å². The molecule has 1 aromatic carbocycles. The van der Waals surface area contributed by atoms with Crippen LogP contribution in [-0.4, -0.2) is 213 Å². The summed E-state index contributed by atoms with van der Waals surface area (Å²) < 4.78 is 52.5. The van der Waals surface area contributed by atoms with Crippen LogP contribution in [0.5, 0.6) is 11.5 Å². The lowest BCUT2D eigenvalue weighted by molar-refractivity contribution is -0.381. The summed E-state index contributed by atoms with van der Waals surface area (Å²) in [5.74, 6) is -0.676. The first-order valence-corrected chi connectivity index (χ1v) is 18.6. The van der Waals surface area contributed by atoms with E-state index in [1.54, 1.807) is 12.1 Å². The first-order valence-electron chi connectivity index (χ1n) is 18.6. The number of rotatable bonds is 14. The van der Waals surface area contributed by atoms with Crippen molar-refractivity contribution in [3.8, 4) is 11.5 Å². The molecular formula is C35H54N2O21. The third-order valence-electron chi connectivity index (χ3n) is 10.3. The highest BCUT2D eigenvalue weighted by atomic mass is 16.8. The fourth-order valence-corrected chi connectivity index (χ4v) is 7.14. The van der Waals surface area contributed by atoms with Crippen molar-refractivity contribution in [2.45, 2.75) is 143 Å². The molecule has 23 nitrogen and oxygen atoms in total. The van der Waals surface area contributed by atoms with Crippen molar-refractivity contribution in [3.63, 3.8) is 0 Å². The number of nitrogens with one attached hydrogen (secondary N) is 2. The summed E-state index contributed by atoms with van der Waals surface area (Å²) in [6.07, 6.45) is -30.2. The third-order valence-corrected chi connectivity index (χ3v) is 10.3. The van der Waals surface area contributed by atoms with Crippen LogP contribution in [0, 0.1) is 0 Å². The SMILES string of the molecule is COc1ccc(O[C@H]2O[C@H](CO)[C@@H](O)[C@H](O[C@H]3O[C@H](CO)[C@H](O)[C@H](O)[C@H]3O[C@@H]3O[C@H](CO)[C@@H](O)[C@H](O[C@@H]4O[C@@H](C)[C@H](O)[C@@H](O)[C@H]4O)[C@H]3NC(C)=O)[C@H]2NC(C)=O)cc1. The van der Waals surface area contributed by atoms with Crippen LogP contribution < -0.4 is 20.1 Å².